The number of carbonyl (C=O) groups excluding carboxylic acids is 1. The second-order valence-electron chi connectivity index (χ2n) is 7.96. The van der Waals surface area contributed by atoms with E-state index in [1.54, 1.807) is 19.3 Å². The first-order chi connectivity index (χ1) is 14.3. The van der Waals surface area contributed by atoms with Gasteiger partial charge in [0.05, 0.1) is 7.11 Å². The zero-order valence-corrected chi connectivity index (χ0v) is 18.9. The molecule has 0 atom stereocenters. The van der Waals surface area contributed by atoms with Crippen molar-refractivity contribution in [2.45, 2.75) is 96.8 Å². The third kappa shape index (κ3) is 13.9. The molecule has 0 fully saturated rings. The molecule has 0 aromatic heterocycles. The molecule has 1 aromatic rings. The van der Waals surface area contributed by atoms with Gasteiger partial charge in [0, 0.05) is 18.2 Å². The van der Waals surface area contributed by atoms with Gasteiger partial charge in [-0.25, -0.2) is 0 Å². The van der Waals surface area contributed by atoms with E-state index in [2.05, 4.69) is 12.2 Å². The average molecular weight is 402 g/mol. The van der Waals surface area contributed by atoms with Gasteiger partial charge in [0.1, 0.15) is 5.75 Å². The molecule has 0 aliphatic heterocycles. The van der Waals surface area contributed by atoms with Crippen molar-refractivity contribution in [3.05, 3.63) is 35.9 Å². The Labute approximate surface area is 179 Å². The van der Waals surface area contributed by atoms with Gasteiger partial charge in [-0.3, -0.25) is 4.79 Å². The molecule has 0 bridgehead atoms. The quantitative estimate of drug-likeness (QED) is 0.207. The smallest absolute Gasteiger partial charge is 0.244 e. The van der Waals surface area contributed by atoms with Crippen LogP contribution in [-0.4, -0.2) is 19.6 Å². The minimum absolute atomic E-state index is 0.0365. The van der Waals surface area contributed by atoms with Gasteiger partial charge in [0.25, 0.3) is 0 Å². The number of amides is 1. The lowest BCUT2D eigenvalue weighted by Crippen LogP contribution is -2.21. The van der Waals surface area contributed by atoms with E-state index in [9.17, 15) is 4.79 Å². The number of carbonyl (C=O) groups is 1. The van der Waals surface area contributed by atoms with Crippen molar-refractivity contribution < 1.29 is 9.53 Å². The lowest BCUT2D eigenvalue weighted by Gasteiger charge is -2.05. The highest BCUT2D eigenvalue weighted by Gasteiger charge is 1.99. The topological polar surface area (TPSA) is 38.3 Å². The molecule has 3 nitrogen and oxygen atoms in total. The normalized spacial score (nSPS) is 11.1. The van der Waals surface area contributed by atoms with Gasteiger partial charge in [0.15, 0.2) is 0 Å². The first-order valence-electron chi connectivity index (χ1n) is 11.9. The van der Waals surface area contributed by atoms with Crippen LogP contribution in [0.1, 0.15) is 102 Å². The molecule has 0 aliphatic carbocycles. The van der Waals surface area contributed by atoms with Crippen molar-refractivity contribution in [3.63, 3.8) is 0 Å². The maximum absolute atomic E-state index is 11.9. The Morgan fingerprint density at radius 1 is 0.828 bits per heavy atom. The third-order valence-corrected chi connectivity index (χ3v) is 5.38. The first kappa shape index (κ1) is 25.3. The number of benzene rings is 1. The molecule has 1 aromatic carbocycles. The van der Waals surface area contributed by atoms with Crippen molar-refractivity contribution in [1.29, 1.82) is 0 Å². The van der Waals surface area contributed by atoms with E-state index in [1.165, 1.54) is 83.5 Å². The average Bonchev–Trinajstić information content (AvgIpc) is 2.75. The molecule has 0 saturated heterocycles. The van der Waals surface area contributed by atoms with Crippen LogP contribution in [0.25, 0.3) is 6.08 Å². The molecule has 0 spiro atoms. The van der Waals surface area contributed by atoms with E-state index in [1.807, 2.05) is 24.3 Å². The molecule has 0 aliphatic rings. The van der Waals surface area contributed by atoms with Gasteiger partial charge < -0.3 is 10.1 Å². The highest BCUT2D eigenvalue weighted by Crippen LogP contribution is 2.18. The molecule has 0 saturated carbocycles. The molecule has 0 heterocycles. The molecule has 164 valence electrons. The summed E-state index contributed by atoms with van der Waals surface area (Å²) >= 11 is 0. The number of hydrogen-bond acceptors (Lipinski definition) is 2. The zero-order chi connectivity index (χ0) is 21.0. The van der Waals surface area contributed by atoms with Crippen LogP contribution in [0.5, 0.6) is 5.75 Å². The van der Waals surface area contributed by atoms with Crippen LogP contribution in [-0.2, 0) is 4.79 Å². The molecular weight excluding hydrogens is 358 g/mol. The summed E-state index contributed by atoms with van der Waals surface area (Å²) in [6.45, 7) is 3.03. The van der Waals surface area contributed by atoms with E-state index < -0.39 is 0 Å². The van der Waals surface area contributed by atoms with E-state index >= 15 is 0 Å². The fraction of sp³-hybridized carbons (Fsp3) is 0.654. The summed E-state index contributed by atoms with van der Waals surface area (Å²) in [4.78, 5) is 11.9. The van der Waals surface area contributed by atoms with Crippen LogP contribution in [0.3, 0.4) is 0 Å². The fourth-order valence-electron chi connectivity index (χ4n) is 3.56. The van der Waals surface area contributed by atoms with Crippen molar-refractivity contribution in [2.24, 2.45) is 0 Å². The van der Waals surface area contributed by atoms with Crippen molar-refractivity contribution >= 4 is 12.0 Å². The maximum Gasteiger partial charge on any atom is 0.244 e. The Morgan fingerprint density at radius 3 is 1.90 bits per heavy atom. The summed E-state index contributed by atoms with van der Waals surface area (Å²) in [7, 11) is 1.64. The lowest BCUT2D eigenvalue weighted by molar-refractivity contribution is -0.116. The Bertz CT molecular complexity index is 553. The Balaban J connectivity index is 1.90. The third-order valence-electron chi connectivity index (χ3n) is 5.38. The Kier molecular flexibility index (Phi) is 15.9. The van der Waals surface area contributed by atoms with Crippen molar-refractivity contribution in [2.75, 3.05) is 13.7 Å². The summed E-state index contributed by atoms with van der Waals surface area (Å²) in [5.41, 5.74) is 0.918. The standard InChI is InChI=1S/C26H43NO2/c1-3-4-5-6-7-8-9-10-11-12-13-14-15-18-23-27-26(28)22-21-24-19-16-17-20-25(24)29-2/h16-17,19-22H,3-15,18,23H2,1-2H3,(H,27,28). The van der Waals surface area contributed by atoms with Crippen LogP contribution in [0.15, 0.2) is 30.3 Å². The highest BCUT2D eigenvalue weighted by atomic mass is 16.5. The minimum atomic E-state index is -0.0365. The number of para-hydroxylation sites is 1. The van der Waals surface area contributed by atoms with Gasteiger partial charge in [-0.2, -0.15) is 0 Å². The number of rotatable bonds is 18. The van der Waals surface area contributed by atoms with E-state index in [-0.39, 0.29) is 5.91 Å². The number of methoxy groups -OCH3 is 1. The zero-order valence-electron chi connectivity index (χ0n) is 18.9. The molecule has 1 amide bonds. The summed E-state index contributed by atoms with van der Waals surface area (Å²) < 4.78 is 5.29. The lowest BCUT2D eigenvalue weighted by atomic mass is 10.0. The van der Waals surface area contributed by atoms with Crippen LogP contribution >= 0.6 is 0 Å². The van der Waals surface area contributed by atoms with Gasteiger partial charge in [-0.15, -0.1) is 0 Å². The van der Waals surface area contributed by atoms with Gasteiger partial charge >= 0.3 is 0 Å². The van der Waals surface area contributed by atoms with Crippen molar-refractivity contribution in [1.82, 2.24) is 5.32 Å². The molecule has 1 N–H and O–H groups in total. The number of nitrogens with one attached hydrogen (secondary N) is 1. The van der Waals surface area contributed by atoms with Crippen LogP contribution in [0.2, 0.25) is 0 Å². The van der Waals surface area contributed by atoms with Gasteiger partial charge in [-0.05, 0) is 18.6 Å². The highest BCUT2D eigenvalue weighted by molar-refractivity contribution is 5.92. The SMILES string of the molecule is CCCCCCCCCCCCCCCCNC(=O)C=Cc1ccccc1OC. The van der Waals surface area contributed by atoms with E-state index in [0.29, 0.717) is 0 Å². The monoisotopic (exact) mass is 401 g/mol. The minimum Gasteiger partial charge on any atom is -0.496 e. The number of unbranched alkanes of at least 4 members (excludes halogenated alkanes) is 13. The molecule has 0 unspecified atom stereocenters. The summed E-state index contributed by atoms with van der Waals surface area (Å²) in [6.07, 6.45) is 22.3. The van der Waals surface area contributed by atoms with Crippen LogP contribution in [0.4, 0.5) is 0 Å². The predicted molar refractivity (Wildman–Crippen MR) is 125 cm³/mol. The molecule has 0 radical (unpaired) electrons. The summed E-state index contributed by atoms with van der Waals surface area (Å²) in [5.74, 6) is 0.745. The first-order valence-corrected chi connectivity index (χ1v) is 11.9. The van der Waals surface area contributed by atoms with E-state index in [0.717, 1.165) is 24.3 Å². The molecule has 29 heavy (non-hydrogen) atoms. The fourth-order valence-corrected chi connectivity index (χ4v) is 3.56. The summed E-state index contributed by atoms with van der Waals surface area (Å²) in [5, 5.41) is 2.97. The number of ether oxygens (including phenoxy) is 1. The Hall–Kier alpha value is -1.77. The molecule has 1 rings (SSSR count). The van der Waals surface area contributed by atoms with Crippen molar-refractivity contribution in [3.8, 4) is 5.75 Å². The van der Waals surface area contributed by atoms with Gasteiger partial charge in [-0.1, -0.05) is 109 Å². The Morgan fingerprint density at radius 2 is 1.34 bits per heavy atom. The number of hydrogen-bond donors (Lipinski definition) is 1. The predicted octanol–water partition coefficient (Wildman–Crippen LogP) is 7.31. The largest absolute Gasteiger partial charge is 0.496 e. The molecule has 3 heteroatoms. The second kappa shape index (κ2) is 18.3. The summed E-state index contributed by atoms with van der Waals surface area (Å²) in [6, 6.07) is 7.70. The van der Waals surface area contributed by atoms with Gasteiger partial charge in [0.2, 0.25) is 5.91 Å². The maximum atomic E-state index is 11.9. The van der Waals surface area contributed by atoms with Crippen LogP contribution < -0.4 is 10.1 Å². The second-order valence-corrected chi connectivity index (χ2v) is 7.96. The molecular formula is C26H43NO2. The van der Waals surface area contributed by atoms with Crippen LogP contribution in [0, 0.1) is 0 Å². The van der Waals surface area contributed by atoms with E-state index in [4.69, 9.17) is 4.74 Å².